The fourth-order valence-corrected chi connectivity index (χ4v) is 1.55. The number of nitrogens with two attached hydrogens (primary N) is 1. The third kappa shape index (κ3) is 1.84. The second-order valence-corrected chi connectivity index (χ2v) is 3.17. The molecule has 0 saturated carbocycles. The monoisotopic (exact) mass is 179 g/mol. The van der Waals surface area contributed by atoms with Gasteiger partial charge in [0.1, 0.15) is 6.10 Å². The smallest absolute Gasteiger partial charge is 0.157 e. The van der Waals surface area contributed by atoms with E-state index in [-0.39, 0.29) is 12.2 Å². The second kappa shape index (κ2) is 3.81. The largest absolute Gasteiger partial charge is 0.366 e. The molecule has 2 rings (SSSR count). The predicted octanol–water partition coefficient (Wildman–Crippen LogP) is 0.655. The topological polar surface area (TPSA) is 61.0 Å². The minimum atomic E-state index is 0.0507. The molecular weight excluding hydrogens is 166 g/mol. The number of ether oxygens (including phenoxy) is 1. The van der Waals surface area contributed by atoms with Gasteiger partial charge in [-0.2, -0.15) is 0 Å². The Kier molecular flexibility index (Phi) is 2.52. The fraction of sp³-hybridized carbons (Fsp3) is 0.556. The van der Waals surface area contributed by atoms with Crippen molar-refractivity contribution in [1.82, 2.24) is 9.97 Å². The van der Waals surface area contributed by atoms with Gasteiger partial charge in [-0.25, -0.2) is 9.97 Å². The van der Waals surface area contributed by atoms with E-state index in [4.69, 9.17) is 10.5 Å². The van der Waals surface area contributed by atoms with E-state index in [2.05, 4.69) is 9.97 Å². The molecule has 2 atom stereocenters. The minimum Gasteiger partial charge on any atom is -0.366 e. The third-order valence-electron chi connectivity index (χ3n) is 2.24. The van der Waals surface area contributed by atoms with Gasteiger partial charge in [-0.15, -0.1) is 0 Å². The van der Waals surface area contributed by atoms with Crippen molar-refractivity contribution in [3.05, 3.63) is 24.3 Å². The van der Waals surface area contributed by atoms with Crippen LogP contribution < -0.4 is 5.73 Å². The molecule has 0 aromatic carbocycles. The van der Waals surface area contributed by atoms with E-state index in [0.29, 0.717) is 6.54 Å². The average molecular weight is 179 g/mol. The SMILES string of the molecule is NC[C@@H]1CC[C@H](c2ncccn2)O1. The van der Waals surface area contributed by atoms with E-state index in [0.717, 1.165) is 18.7 Å². The van der Waals surface area contributed by atoms with Gasteiger partial charge in [0.25, 0.3) is 0 Å². The highest BCUT2D eigenvalue weighted by molar-refractivity contribution is 4.95. The molecule has 1 aromatic rings. The van der Waals surface area contributed by atoms with Crippen LogP contribution in [0.1, 0.15) is 24.8 Å². The summed E-state index contributed by atoms with van der Waals surface area (Å²) in [5, 5.41) is 0. The van der Waals surface area contributed by atoms with Crippen molar-refractivity contribution < 1.29 is 4.74 Å². The number of hydrogen-bond donors (Lipinski definition) is 1. The van der Waals surface area contributed by atoms with Crippen LogP contribution in [0.3, 0.4) is 0 Å². The van der Waals surface area contributed by atoms with Crippen LogP contribution in [0.5, 0.6) is 0 Å². The first-order valence-electron chi connectivity index (χ1n) is 4.52. The zero-order valence-electron chi connectivity index (χ0n) is 7.39. The summed E-state index contributed by atoms with van der Waals surface area (Å²) in [6.45, 7) is 0.587. The lowest BCUT2D eigenvalue weighted by Gasteiger charge is -2.09. The summed E-state index contributed by atoms with van der Waals surface area (Å²) < 4.78 is 5.65. The van der Waals surface area contributed by atoms with E-state index in [1.165, 1.54) is 0 Å². The van der Waals surface area contributed by atoms with Crippen LogP contribution in [-0.4, -0.2) is 22.6 Å². The molecule has 1 fully saturated rings. The molecule has 4 heteroatoms. The zero-order chi connectivity index (χ0) is 9.10. The first-order chi connectivity index (χ1) is 6.40. The molecule has 1 saturated heterocycles. The molecule has 2 N–H and O–H groups in total. The molecule has 0 amide bonds. The molecule has 0 bridgehead atoms. The van der Waals surface area contributed by atoms with E-state index in [9.17, 15) is 0 Å². The molecule has 1 aliphatic heterocycles. The zero-order valence-corrected chi connectivity index (χ0v) is 7.39. The van der Waals surface area contributed by atoms with Crippen molar-refractivity contribution in [2.24, 2.45) is 5.73 Å². The Balaban J connectivity index is 2.04. The molecular formula is C9H13N3O. The predicted molar refractivity (Wildman–Crippen MR) is 47.9 cm³/mol. The van der Waals surface area contributed by atoms with Gasteiger partial charge in [-0.05, 0) is 18.9 Å². The van der Waals surface area contributed by atoms with Crippen molar-refractivity contribution in [2.45, 2.75) is 25.0 Å². The maximum atomic E-state index is 5.65. The molecule has 0 spiro atoms. The van der Waals surface area contributed by atoms with Gasteiger partial charge in [0.15, 0.2) is 5.82 Å². The third-order valence-corrected chi connectivity index (χ3v) is 2.24. The van der Waals surface area contributed by atoms with Crippen LogP contribution in [0.25, 0.3) is 0 Å². The lowest BCUT2D eigenvalue weighted by atomic mass is 10.2. The Hall–Kier alpha value is -1.00. The van der Waals surface area contributed by atoms with Crippen molar-refractivity contribution in [3.63, 3.8) is 0 Å². The Labute approximate surface area is 77.1 Å². The lowest BCUT2D eigenvalue weighted by Crippen LogP contribution is -2.19. The van der Waals surface area contributed by atoms with Crippen LogP contribution in [0.15, 0.2) is 18.5 Å². The quantitative estimate of drug-likeness (QED) is 0.724. The summed E-state index contributed by atoms with van der Waals surface area (Å²) in [6, 6.07) is 1.80. The molecule has 1 aliphatic rings. The van der Waals surface area contributed by atoms with Crippen molar-refractivity contribution in [3.8, 4) is 0 Å². The van der Waals surface area contributed by atoms with Crippen LogP contribution in [-0.2, 0) is 4.74 Å². The molecule has 0 radical (unpaired) electrons. The molecule has 1 aromatic heterocycles. The van der Waals surface area contributed by atoms with Gasteiger partial charge in [-0.1, -0.05) is 0 Å². The Morgan fingerprint density at radius 1 is 1.38 bits per heavy atom. The Bertz CT molecular complexity index is 265. The normalized spacial score (nSPS) is 27.8. The van der Waals surface area contributed by atoms with Gasteiger partial charge in [0, 0.05) is 18.9 Å². The van der Waals surface area contributed by atoms with Gasteiger partial charge in [0.05, 0.1) is 6.10 Å². The standard InChI is InChI=1S/C9H13N3O/c10-6-7-2-3-8(13-7)9-11-4-1-5-12-9/h1,4-5,7-8H,2-3,6,10H2/t7-,8+/m0/s1. The highest BCUT2D eigenvalue weighted by atomic mass is 16.5. The van der Waals surface area contributed by atoms with Crippen LogP contribution in [0, 0.1) is 0 Å². The van der Waals surface area contributed by atoms with Crippen LogP contribution >= 0.6 is 0 Å². The summed E-state index contributed by atoms with van der Waals surface area (Å²) in [6.07, 6.45) is 5.71. The second-order valence-electron chi connectivity index (χ2n) is 3.17. The molecule has 4 nitrogen and oxygen atoms in total. The summed E-state index contributed by atoms with van der Waals surface area (Å²) >= 11 is 0. The van der Waals surface area contributed by atoms with Crippen molar-refractivity contribution in [2.75, 3.05) is 6.54 Å². The maximum Gasteiger partial charge on any atom is 0.157 e. The van der Waals surface area contributed by atoms with Crippen LogP contribution in [0.4, 0.5) is 0 Å². The molecule has 13 heavy (non-hydrogen) atoms. The molecule has 70 valence electrons. The van der Waals surface area contributed by atoms with Crippen LogP contribution in [0.2, 0.25) is 0 Å². The van der Waals surface area contributed by atoms with E-state index >= 15 is 0 Å². The average Bonchev–Trinajstić information content (AvgIpc) is 2.67. The number of aromatic nitrogens is 2. The molecule has 0 unspecified atom stereocenters. The lowest BCUT2D eigenvalue weighted by molar-refractivity contribution is 0.0447. The summed E-state index contributed by atoms with van der Waals surface area (Å²) in [4.78, 5) is 8.31. The summed E-state index contributed by atoms with van der Waals surface area (Å²) in [7, 11) is 0. The maximum absolute atomic E-state index is 5.65. The number of rotatable bonds is 2. The van der Waals surface area contributed by atoms with Crippen molar-refractivity contribution >= 4 is 0 Å². The van der Waals surface area contributed by atoms with Gasteiger partial charge in [0.2, 0.25) is 0 Å². The van der Waals surface area contributed by atoms with E-state index in [1.807, 2.05) is 0 Å². The molecule has 2 heterocycles. The first-order valence-corrected chi connectivity index (χ1v) is 4.52. The van der Waals surface area contributed by atoms with E-state index < -0.39 is 0 Å². The van der Waals surface area contributed by atoms with Gasteiger partial charge >= 0.3 is 0 Å². The summed E-state index contributed by atoms with van der Waals surface area (Å²) in [5.41, 5.74) is 5.51. The van der Waals surface area contributed by atoms with Gasteiger partial charge in [-0.3, -0.25) is 0 Å². The summed E-state index contributed by atoms with van der Waals surface area (Å²) in [5.74, 6) is 0.776. The molecule has 0 aliphatic carbocycles. The van der Waals surface area contributed by atoms with Gasteiger partial charge < -0.3 is 10.5 Å². The first kappa shape index (κ1) is 8.59. The number of nitrogens with zero attached hydrogens (tertiary/aromatic N) is 2. The minimum absolute atomic E-state index is 0.0507. The Morgan fingerprint density at radius 3 is 2.77 bits per heavy atom. The number of hydrogen-bond acceptors (Lipinski definition) is 4. The highest BCUT2D eigenvalue weighted by Crippen LogP contribution is 2.29. The highest BCUT2D eigenvalue weighted by Gasteiger charge is 2.26. The Morgan fingerprint density at radius 2 is 2.15 bits per heavy atom. The fourth-order valence-electron chi connectivity index (χ4n) is 1.55. The van der Waals surface area contributed by atoms with E-state index in [1.54, 1.807) is 18.5 Å². The van der Waals surface area contributed by atoms with Crippen molar-refractivity contribution in [1.29, 1.82) is 0 Å².